The number of nitriles is 1. The van der Waals surface area contributed by atoms with Crippen LogP contribution in [0.1, 0.15) is 51.0 Å². The molecule has 0 unspecified atom stereocenters. The Morgan fingerprint density at radius 2 is 2.06 bits per heavy atom. The average molecular weight is 504 g/mol. The molecular formula is C24H33N5O5S. The minimum Gasteiger partial charge on any atom is -0.479 e. The van der Waals surface area contributed by atoms with Crippen molar-refractivity contribution in [1.82, 2.24) is 10.2 Å². The van der Waals surface area contributed by atoms with Gasteiger partial charge in [0.1, 0.15) is 11.9 Å². The Morgan fingerprint density at radius 1 is 1.31 bits per heavy atom. The molecule has 0 aromatic heterocycles. The number of carbonyl (C=O) groups is 3. The number of unbranched alkanes of at least 4 members (excludes halogenated alkanes) is 1. The number of nitrogens with one attached hydrogen (secondary N) is 1. The van der Waals surface area contributed by atoms with Crippen molar-refractivity contribution in [3.63, 3.8) is 0 Å². The zero-order valence-electron chi connectivity index (χ0n) is 19.9. The van der Waals surface area contributed by atoms with Crippen molar-refractivity contribution in [1.29, 1.82) is 5.26 Å². The lowest BCUT2D eigenvalue weighted by molar-refractivity contribution is -0.168. The van der Waals surface area contributed by atoms with Crippen molar-refractivity contribution in [2.75, 3.05) is 13.1 Å². The number of aryl methyl sites for hydroxylation is 1. The molecule has 1 saturated heterocycles. The molecule has 190 valence electrons. The van der Waals surface area contributed by atoms with Crippen molar-refractivity contribution in [3.8, 4) is 5.40 Å². The highest BCUT2D eigenvalue weighted by molar-refractivity contribution is 8.02. The third-order valence-electron chi connectivity index (χ3n) is 5.74. The summed E-state index contributed by atoms with van der Waals surface area (Å²) in [5.41, 5.74) is 7.06. The molecule has 11 heteroatoms. The van der Waals surface area contributed by atoms with E-state index in [1.807, 2.05) is 35.7 Å². The van der Waals surface area contributed by atoms with E-state index in [1.54, 1.807) is 6.92 Å². The number of carbonyl (C=O) groups excluding carboxylic acids is 2. The van der Waals surface area contributed by atoms with Crippen LogP contribution < -0.4 is 11.1 Å². The largest absolute Gasteiger partial charge is 0.479 e. The van der Waals surface area contributed by atoms with E-state index < -0.39 is 30.1 Å². The predicted molar refractivity (Wildman–Crippen MR) is 133 cm³/mol. The molecule has 1 aliphatic rings. The van der Waals surface area contributed by atoms with E-state index in [2.05, 4.69) is 9.71 Å². The number of thiocyanates is 1. The maximum atomic E-state index is 12.9. The number of esters is 1. The Hall–Kier alpha value is -3.10. The van der Waals surface area contributed by atoms with E-state index in [-0.39, 0.29) is 12.3 Å². The second-order valence-corrected chi connectivity index (χ2v) is 8.91. The standard InChI is InChI=1S/C24H33N5O5S/c1-17(28-35-16-25)27-14-6-5-10-19(26)22(30)29-15-7-11-20(29)24(33)34-21(23(31)32)13-12-18-8-3-2-4-9-18/h2-4,8-9,19-21H,5-7,10-15,26H2,1H3,(H,27,28)(H,31,32)/t19-,20-,21-/m0/s1. The average Bonchev–Trinajstić information content (AvgIpc) is 3.35. The Bertz CT molecular complexity index is 921. The van der Waals surface area contributed by atoms with Gasteiger partial charge in [-0.05, 0) is 57.4 Å². The summed E-state index contributed by atoms with van der Waals surface area (Å²) in [6.45, 7) is 2.80. The van der Waals surface area contributed by atoms with Gasteiger partial charge in [0.25, 0.3) is 0 Å². The number of nitrogens with two attached hydrogens (primary N) is 1. The summed E-state index contributed by atoms with van der Waals surface area (Å²) in [6.07, 6.45) is 2.30. The molecule has 10 nitrogen and oxygen atoms in total. The number of benzene rings is 1. The summed E-state index contributed by atoms with van der Waals surface area (Å²) >= 11 is 0.802. The first kappa shape index (κ1) is 28.1. The molecule has 0 bridgehead atoms. The van der Waals surface area contributed by atoms with Crippen LogP contribution in [0.2, 0.25) is 0 Å². The number of carboxylic acid groups (broad SMARTS) is 1. The third-order valence-corrected chi connectivity index (χ3v) is 6.19. The number of carboxylic acids is 1. The normalized spacial score (nSPS) is 17.3. The van der Waals surface area contributed by atoms with E-state index in [4.69, 9.17) is 15.7 Å². The van der Waals surface area contributed by atoms with Crippen molar-refractivity contribution >= 4 is 35.6 Å². The number of ether oxygens (including phenoxy) is 1. The SMILES string of the molecule is CC(=NSC#N)NCCCC[C@H](N)C(=O)N1CCC[C@H]1C(=O)O[C@@H](CCc1ccccc1)C(=O)O. The number of hydrogen-bond donors (Lipinski definition) is 3. The lowest BCUT2D eigenvalue weighted by atomic mass is 10.1. The maximum Gasteiger partial charge on any atom is 0.345 e. The first-order valence-corrected chi connectivity index (χ1v) is 12.5. The van der Waals surface area contributed by atoms with Crippen LogP contribution in [0.3, 0.4) is 0 Å². The molecule has 4 N–H and O–H groups in total. The molecule has 1 amide bonds. The van der Waals surface area contributed by atoms with Crippen molar-refractivity contribution in [3.05, 3.63) is 35.9 Å². The highest BCUT2D eigenvalue weighted by Crippen LogP contribution is 2.21. The first-order chi connectivity index (χ1) is 16.8. The van der Waals surface area contributed by atoms with Gasteiger partial charge in [0.05, 0.1) is 18.0 Å². The zero-order chi connectivity index (χ0) is 25.6. The second-order valence-electron chi connectivity index (χ2n) is 8.37. The Labute approximate surface area is 210 Å². The summed E-state index contributed by atoms with van der Waals surface area (Å²) in [7, 11) is 0. The number of hydrogen-bond acceptors (Lipinski definition) is 8. The minimum absolute atomic E-state index is 0.151. The fourth-order valence-electron chi connectivity index (χ4n) is 3.89. The van der Waals surface area contributed by atoms with Gasteiger partial charge in [0.2, 0.25) is 5.91 Å². The minimum atomic E-state index is -1.28. The van der Waals surface area contributed by atoms with E-state index in [0.29, 0.717) is 51.0 Å². The quantitative estimate of drug-likeness (QED) is 0.0916. The number of likely N-dealkylation sites (tertiary alicyclic amines) is 1. The Morgan fingerprint density at radius 3 is 2.74 bits per heavy atom. The van der Waals surface area contributed by atoms with Crippen LogP contribution in [0, 0.1) is 10.7 Å². The molecule has 1 aromatic rings. The summed E-state index contributed by atoms with van der Waals surface area (Å²) in [6, 6.07) is 7.82. The molecule has 35 heavy (non-hydrogen) atoms. The van der Waals surface area contributed by atoms with Crippen LogP contribution in [0.4, 0.5) is 0 Å². The van der Waals surface area contributed by atoms with E-state index in [0.717, 1.165) is 23.9 Å². The second kappa shape index (κ2) is 15.0. The van der Waals surface area contributed by atoms with E-state index in [9.17, 15) is 19.5 Å². The summed E-state index contributed by atoms with van der Waals surface area (Å²) in [4.78, 5) is 38.8. The molecule has 0 radical (unpaired) electrons. The molecule has 3 atom stereocenters. The molecule has 2 rings (SSSR count). The number of rotatable bonds is 13. The van der Waals surface area contributed by atoms with Crippen molar-refractivity contribution < 1.29 is 24.2 Å². The van der Waals surface area contributed by atoms with Gasteiger partial charge in [0.15, 0.2) is 11.5 Å². The molecule has 1 fully saturated rings. The van der Waals surface area contributed by atoms with Crippen LogP contribution in [0.15, 0.2) is 34.7 Å². The number of amidine groups is 1. The van der Waals surface area contributed by atoms with Crippen LogP contribution in [0.5, 0.6) is 0 Å². The fourth-order valence-corrected chi connectivity index (χ4v) is 4.13. The number of amides is 1. The zero-order valence-corrected chi connectivity index (χ0v) is 20.7. The Balaban J connectivity index is 1.82. The summed E-state index contributed by atoms with van der Waals surface area (Å²) < 4.78 is 9.26. The topological polar surface area (TPSA) is 158 Å². The maximum absolute atomic E-state index is 12.9. The van der Waals surface area contributed by atoms with Crippen LogP contribution in [-0.4, -0.2) is 65.0 Å². The van der Waals surface area contributed by atoms with Gasteiger partial charge in [-0.2, -0.15) is 9.66 Å². The van der Waals surface area contributed by atoms with Gasteiger partial charge in [0, 0.05) is 13.1 Å². The van der Waals surface area contributed by atoms with Crippen molar-refractivity contribution in [2.24, 2.45) is 10.1 Å². The molecule has 1 aliphatic heterocycles. The van der Waals surface area contributed by atoms with Gasteiger partial charge in [-0.1, -0.05) is 30.3 Å². The molecule has 0 spiro atoms. The predicted octanol–water partition coefficient (Wildman–Crippen LogP) is 2.24. The van der Waals surface area contributed by atoms with Crippen LogP contribution >= 0.6 is 11.9 Å². The molecule has 0 saturated carbocycles. The van der Waals surface area contributed by atoms with Crippen LogP contribution in [0.25, 0.3) is 0 Å². The van der Waals surface area contributed by atoms with Gasteiger partial charge in [-0.25, -0.2) is 9.59 Å². The van der Waals surface area contributed by atoms with E-state index >= 15 is 0 Å². The van der Waals surface area contributed by atoms with Gasteiger partial charge in [-0.3, -0.25) is 4.79 Å². The summed E-state index contributed by atoms with van der Waals surface area (Å²) in [5, 5.41) is 22.9. The first-order valence-electron chi connectivity index (χ1n) is 11.7. The highest BCUT2D eigenvalue weighted by Gasteiger charge is 2.38. The lowest BCUT2D eigenvalue weighted by Gasteiger charge is -2.27. The highest BCUT2D eigenvalue weighted by atomic mass is 32.2. The molecular weight excluding hydrogens is 470 g/mol. The monoisotopic (exact) mass is 503 g/mol. The summed E-state index contributed by atoms with van der Waals surface area (Å²) in [5.74, 6) is -1.57. The van der Waals surface area contributed by atoms with Gasteiger partial charge in [-0.15, -0.1) is 0 Å². The molecule has 1 heterocycles. The fraction of sp³-hybridized carbons (Fsp3) is 0.542. The number of aliphatic carboxylic acids is 1. The van der Waals surface area contributed by atoms with E-state index in [1.165, 1.54) is 4.90 Å². The van der Waals surface area contributed by atoms with Crippen LogP contribution in [-0.2, 0) is 25.5 Å². The molecule has 0 aliphatic carbocycles. The molecule has 1 aromatic carbocycles. The van der Waals surface area contributed by atoms with Gasteiger partial charge >= 0.3 is 11.9 Å². The van der Waals surface area contributed by atoms with Crippen molar-refractivity contribution in [2.45, 2.75) is 70.1 Å². The number of nitrogens with zero attached hydrogens (tertiary/aromatic N) is 3. The van der Waals surface area contributed by atoms with Gasteiger partial charge < -0.3 is 25.8 Å². The third kappa shape index (κ3) is 9.58. The Kier molecular flexibility index (Phi) is 12.1. The lowest BCUT2D eigenvalue weighted by Crippen LogP contribution is -2.49. The smallest absolute Gasteiger partial charge is 0.345 e.